The highest BCUT2D eigenvalue weighted by atomic mass is 35.5. The molecule has 0 aliphatic heterocycles. The molecule has 1 amide bonds. The maximum Gasteiger partial charge on any atom is 0.339 e. The van der Waals surface area contributed by atoms with Gasteiger partial charge in [-0.1, -0.05) is 37.6 Å². The van der Waals surface area contributed by atoms with Crippen LogP contribution in [0.15, 0.2) is 42.6 Å². The van der Waals surface area contributed by atoms with E-state index in [-0.39, 0.29) is 10.7 Å². The number of benzene rings is 1. The topological polar surface area (TPSA) is 68.3 Å². The number of nitrogens with zero attached hydrogens (tertiary/aromatic N) is 1. The first-order chi connectivity index (χ1) is 11.4. The van der Waals surface area contributed by atoms with Crippen molar-refractivity contribution >= 4 is 29.2 Å². The van der Waals surface area contributed by atoms with Gasteiger partial charge in [-0.25, -0.2) is 9.78 Å². The van der Waals surface area contributed by atoms with Crippen LogP contribution >= 0.6 is 11.6 Å². The van der Waals surface area contributed by atoms with E-state index < -0.39 is 18.0 Å². The first-order valence-corrected chi connectivity index (χ1v) is 7.98. The Morgan fingerprint density at radius 1 is 1.12 bits per heavy atom. The second-order valence-electron chi connectivity index (χ2n) is 5.68. The van der Waals surface area contributed by atoms with Gasteiger partial charge in [0.15, 0.2) is 6.10 Å². The summed E-state index contributed by atoms with van der Waals surface area (Å²) in [5.74, 6) is -0.611. The Kier molecular flexibility index (Phi) is 5.93. The van der Waals surface area contributed by atoms with Gasteiger partial charge in [-0.2, -0.15) is 0 Å². The van der Waals surface area contributed by atoms with Gasteiger partial charge in [0.05, 0.1) is 5.56 Å². The van der Waals surface area contributed by atoms with E-state index in [0.717, 1.165) is 0 Å². The van der Waals surface area contributed by atoms with Crippen LogP contribution in [0.5, 0.6) is 0 Å². The molecule has 126 valence electrons. The first kappa shape index (κ1) is 17.9. The number of hydrogen-bond donors (Lipinski definition) is 1. The van der Waals surface area contributed by atoms with Crippen LogP contribution in [-0.4, -0.2) is 23.0 Å². The van der Waals surface area contributed by atoms with Crippen LogP contribution in [0.1, 0.15) is 42.6 Å². The zero-order valence-corrected chi connectivity index (χ0v) is 14.5. The van der Waals surface area contributed by atoms with Crippen molar-refractivity contribution in [1.29, 1.82) is 0 Å². The van der Waals surface area contributed by atoms with E-state index >= 15 is 0 Å². The molecular weight excluding hydrogens is 328 g/mol. The molecule has 0 spiro atoms. The largest absolute Gasteiger partial charge is 0.449 e. The Bertz CT molecular complexity index is 729. The van der Waals surface area contributed by atoms with E-state index in [1.165, 1.54) is 30.8 Å². The molecule has 1 aromatic carbocycles. The third-order valence-electron chi connectivity index (χ3n) is 3.46. The summed E-state index contributed by atoms with van der Waals surface area (Å²) in [6.07, 6.45) is 0.467. The number of carbonyl (C=O) groups excluding carboxylic acids is 2. The highest BCUT2D eigenvalue weighted by molar-refractivity contribution is 6.29. The maximum absolute atomic E-state index is 12.1. The second kappa shape index (κ2) is 7.93. The number of esters is 1. The molecule has 0 radical (unpaired) electrons. The van der Waals surface area contributed by atoms with Crippen molar-refractivity contribution in [2.24, 2.45) is 0 Å². The highest BCUT2D eigenvalue weighted by Crippen LogP contribution is 2.17. The molecule has 0 saturated carbocycles. The summed E-state index contributed by atoms with van der Waals surface area (Å²) in [5, 5.41) is 2.91. The fourth-order valence-electron chi connectivity index (χ4n) is 2.01. The van der Waals surface area contributed by atoms with Crippen LogP contribution in [-0.2, 0) is 9.53 Å². The number of hydrogen-bond acceptors (Lipinski definition) is 4. The molecule has 0 aliphatic carbocycles. The molecule has 0 aliphatic rings. The van der Waals surface area contributed by atoms with Gasteiger partial charge < -0.3 is 10.1 Å². The minimum Gasteiger partial charge on any atom is -0.449 e. The second-order valence-corrected chi connectivity index (χ2v) is 6.07. The third kappa shape index (κ3) is 4.80. The van der Waals surface area contributed by atoms with Crippen LogP contribution in [0, 0.1) is 0 Å². The lowest BCUT2D eigenvalue weighted by atomic mass is 10.0. The van der Waals surface area contributed by atoms with Gasteiger partial charge >= 0.3 is 5.97 Å². The molecule has 0 saturated heterocycles. The molecule has 1 atom stereocenters. The van der Waals surface area contributed by atoms with Crippen molar-refractivity contribution in [3.05, 3.63) is 58.9 Å². The fraction of sp³-hybridized carbons (Fsp3) is 0.278. The summed E-state index contributed by atoms with van der Waals surface area (Å²) in [6, 6.07) is 10.4. The predicted octanol–water partition coefficient (Wildman–Crippen LogP) is 4.04. The van der Waals surface area contributed by atoms with Gasteiger partial charge in [-0.05, 0) is 42.7 Å². The average molecular weight is 347 g/mol. The molecule has 2 aromatic rings. The Balaban J connectivity index is 1.95. The van der Waals surface area contributed by atoms with E-state index in [1.54, 1.807) is 0 Å². The van der Waals surface area contributed by atoms with Crippen molar-refractivity contribution in [3.8, 4) is 0 Å². The number of aromatic nitrogens is 1. The van der Waals surface area contributed by atoms with Crippen molar-refractivity contribution in [3.63, 3.8) is 0 Å². The number of carbonyl (C=O) groups is 2. The number of amides is 1. The Hall–Kier alpha value is -2.40. The van der Waals surface area contributed by atoms with Crippen LogP contribution in [0.4, 0.5) is 5.69 Å². The van der Waals surface area contributed by atoms with Gasteiger partial charge in [0, 0.05) is 11.9 Å². The van der Waals surface area contributed by atoms with Crippen LogP contribution in [0.3, 0.4) is 0 Å². The fourth-order valence-corrected chi connectivity index (χ4v) is 2.18. The molecule has 1 unspecified atom stereocenters. The number of nitrogens with one attached hydrogen (secondary N) is 1. The summed E-state index contributed by atoms with van der Waals surface area (Å²) >= 11 is 5.73. The predicted molar refractivity (Wildman–Crippen MR) is 93.3 cm³/mol. The first-order valence-electron chi connectivity index (χ1n) is 7.60. The van der Waals surface area contributed by atoms with Crippen LogP contribution in [0.2, 0.25) is 5.15 Å². The maximum atomic E-state index is 12.1. The lowest BCUT2D eigenvalue weighted by Gasteiger charge is -2.14. The Labute approximate surface area is 146 Å². The SMILES string of the molecule is CC(OC(=O)c1ccnc(Cl)c1)C(=O)Nc1ccc(C(C)C)cc1. The van der Waals surface area contributed by atoms with Crippen LogP contribution in [0.25, 0.3) is 0 Å². The van der Waals surface area contributed by atoms with Crippen LogP contribution < -0.4 is 5.32 Å². The molecule has 6 heteroatoms. The molecule has 1 N–H and O–H groups in total. The van der Waals surface area contributed by atoms with Gasteiger partial charge in [-0.15, -0.1) is 0 Å². The van der Waals surface area contributed by atoms with Gasteiger partial charge in [0.1, 0.15) is 5.15 Å². The Morgan fingerprint density at radius 3 is 2.38 bits per heavy atom. The summed E-state index contributed by atoms with van der Waals surface area (Å²) in [7, 11) is 0. The number of anilines is 1. The molecule has 24 heavy (non-hydrogen) atoms. The molecule has 1 aromatic heterocycles. The van der Waals surface area contributed by atoms with E-state index in [1.807, 2.05) is 24.3 Å². The van der Waals surface area contributed by atoms with Crippen molar-refractivity contribution in [2.75, 3.05) is 5.32 Å². The summed E-state index contributed by atoms with van der Waals surface area (Å²) < 4.78 is 5.15. The minimum atomic E-state index is -0.936. The normalized spacial score (nSPS) is 11.9. The van der Waals surface area contributed by atoms with E-state index in [2.05, 4.69) is 24.1 Å². The summed E-state index contributed by atoms with van der Waals surface area (Å²) in [4.78, 5) is 27.9. The summed E-state index contributed by atoms with van der Waals surface area (Å²) in [6.45, 7) is 5.71. The molecule has 5 nitrogen and oxygen atoms in total. The van der Waals surface area contributed by atoms with E-state index in [9.17, 15) is 9.59 Å². The Morgan fingerprint density at radius 2 is 1.79 bits per heavy atom. The molecule has 1 heterocycles. The lowest BCUT2D eigenvalue weighted by Crippen LogP contribution is -2.30. The number of halogens is 1. The average Bonchev–Trinajstić information content (AvgIpc) is 2.55. The zero-order valence-electron chi connectivity index (χ0n) is 13.7. The highest BCUT2D eigenvalue weighted by Gasteiger charge is 2.19. The van der Waals surface area contributed by atoms with Crippen molar-refractivity contribution in [2.45, 2.75) is 32.8 Å². The van der Waals surface area contributed by atoms with Gasteiger partial charge in [0.2, 0.25) is 0 Å². The van der Waals surface area contributed by atoms with Gasteiger partial charge in [-0.3, -0.25) is 4.79 Å². The van der Waals surface area contributed by atoms with E-state index in [0.29, 0.717) is 11.6 Å². The third-order valence-corrected chi connectivity index (χ3v) is 3.67. The zero-order chi connectivity index (χ0) is 17.7. The number of ether oxygens (including phenoxy) is 1. The smallest absolute Gasteiger partial charge is 0.339 e. The quantitative estimate of drug-likeness (QED) is 0.655. The molecule has 0 bridgehead atoms. The van der Waals surface area contributed by atoms with Gasteiger partial charge in [0.25, 0.3) is 5.91 Å². The van der Waals surface area contributed by atoms with Crippen molar-refractivity contribution in [1.82, 2.24) is 4.98 Å². The lowest BCUT2D eigenvalue weighted by molar-refractivity contribution is -0.123. The standard InChI is InChI=1S/C18H19ClN2O3/c1-11(2)13-4-6-15(7-5-13)21-17(22)12(3)24-18(23)14-8-9-20-16(19)10-14/h4-12H,1-3H3,(H,21,22). The summed E-state index contributed by atoms with van der Waals surface area (Å²) in [5.41, 5.74) is 2.08. The molecular formula is C18H19ClN2O3. The molecule has 2 rings (SSSR count). The number of rotatable bonds is 5. The monoisotopic (exact) mass is 346 g/mol. The van der Waals surface area contributed by atoms with E-state index in [4.69, 9.17) is 16.3 Å². The van der Waals surface area contributed by atoms with Crippen molar-refractivity contribution < 1.29 is 14.3 Å². The molecule has 0 fully saturated rings. The number of pyridine rings is 1. The minimum absolute atomic E-state index is 0.187.